The summed E-state index contributed by atoms with van der Waals surface area (Å²) in [6.07, 6.45) is 2.89. The van der Waals surface area contributed by atoms with Crippen LogP contribution in [0.25, 0.3) is 0 Å². The highest BCUT2D eigenvalue weighted by atomic mass is 16.2. The first-order valence-corrected chi connectivity index (χ1v) is 8.67. The molecule has 2 amide bonds. The van der Waals surface area contributed by atoms with Crippen LogP contribution in [-0.2, 0) is 11.2 Å². The van der Waals surface area contributed by atoms with Crippen molar-refractivity contribution in [2.24, 2.45) is 0 Å². The third-order valence-electron chi connectivity index (χ3n) is 4.55. The average Bonchev–Trinajstić information content (AvgIpc) is 2.67. The molecule has 0 saturated carbocycles. The van der Waals surface area contributed by atoms with Crippen LogP contribution in [0.15, 0.2) is 48.7 Å². The second-order valence-electron chi connectivity index (χ2n) is 6.37. The van der Waals surface area contributed by atoms with Gasteiger partial charge in [0.15, 0.2) is 0 Å². The van der Waals surface area contributed by atoms with Gasteiger partial charge in [0.2, 0.25) is 5.91 Å². The first-order chi connectivity index (χ1) is 12.1. The molecule has 0 atom stereocenters. The van der Waals surface area contributed by atoms with Gasteiger partial charge in [-0.2, -0.15) is 0 Å². The second-order valence-corrected chi connectivity index (χ2v) is 6.37. The minimum absolute atomic E-state index is 0.0626. The highest BCUT2D eigenvalue weighted by Crippen LogP contribution is 2.11. The summed E-state index contributed by atoms with van der Waals surface area (Å²) in [4.78, 5) is 32.5. The Kier molecular flexibility index (Phi) is 5.43. The van der Waals surface area contributed by atoms with E-state index in [2.05, 4.69) is 36.2 Å². The number of piperazine rings is 1. The third-order valence-corrected chi connectivity index (χ3v) is 4.55. The van der Waals surface area contributed by atoms with Gasteiger partial charge in [-0.15, -0.1) is 0 Å². The lowest BCUT2D eigenvalue weighted by Crippen LogP contribution is -2.50. The van der Waals surface area contributed by atoms with Crippen molar-refractivity contribution in [2.45, 2.75) is 19.8 Å². The van der Waals surface area contributed by atoms with Crippen LogP contribution in [0.4, 0.5) is 0 Å². The molecule has 1 aromatic heterocycles. The minimum atomic E-state index is -0.0626. The molecule has 1 aliphatic heterocycles. The van der Waals surface area contributed by atoms with Crippen molar-refractivity contribution < 1.29 is 9.59 Å². The number of aromatic nitrogens is 1. The van der Waals surface area contributed by atoms with Gasteiger partial charge < -0.3 is 9.80 Å². The van der Waals surface area contributed by atoms with Gasteiger partial charge in [-0.05, 0) is 31.0 Å². The number of benzene rings is 1. The molecule has 2 heterocycles. The van der Waals surface area contributed by atoms with Gasteiger partial charge in [-0.25, -0.2) is 0 Å². The summed E-state index contributed by atoms with van der Waals surface area (Å²) in [6, 6.07) is 13.6. The summed E-state index contributed by atoms with van der Waals surface area (Å²) < 4.78 is 0. The summed E-state index contributed by atoms with van der Waals surface area (Å²) in [5.74, 6) is 0.0952. The molecule has 0 radical (unpaired) electrons. The lowest BCUT2D eigenvalue weighted by atomic mass is 10.1. The number of aryl methyl sites for hydroxylation is 2. The van der Waals surface area contributed by atoms with E-state index in [4.69, 9.17) is 0 Å². The topological polar surface area (TPSA) is 53.5 Å². The maximum atomic E-state index is 12.4. The summed E-state index contributed by atoms with van der Waals surface area (Å²) in [6.45, 7) is 4.36. The fraction of sp³-hybridized carbons (Fsp3) is 0.350. The first kappa shape index (κ1) is 17.1. The monoisotopic (exact) mass is 337 g/mol. The summed E-state index contributed by atoms with van der Waals surface area (Å²) in [5.41, 5.74) is 2.87. The maximum absolute atomic E-state index is 12.4. The number of carbonyl (C=O) groups excluding carboxylic acids is 2. The van der Waals surface area contributed by atoms with Crippen molar-refractivity contribution in [3.05, 3.63) is 65.5 Å². The Morgan fingerprint density at radius 3 is 2.28 bits per heavy atom. The molecule has 1 aromatic carbocycles. The van der Waals surface area contributed by atoms with Crippen LogP contribution >= 0.6 is 0 Å². The molecule has 1 aliphatic rings. The molecule has 0 aliphatic carbocycles. The zero-order valence-electron chi connectivity index (χ0n) is 14.5. The molecular weight excluding hydrogens is 314 g/mol. The normalized spacial score (nSPS) is 14.4. The molecule has 5 heteroatoms. The molecule has 0 unspecified atom stereocenters. The van der Waals surface area contributed by atoms with Gasteiger partial charge in [0.1, 0.15) is 5.69 Å². The number of rotatable bonds is 4. The maximum Gasteiger partial charge on any atom is 0.272 e. The van der Waals surface area contributed by atoms with Crippen LogP contribution in [-0.4, -0.2) is 52.8 Å². The molecule has 1 fully saturated rings. The molecule has 0 bridgehead atoms. The number of amides is 2. The Morgan fingerprint density at radius 1 is 0.960 bits per heavy atom. The molecule has 0 spiro atoms. The third kappa shape index (κ3) is 4.44. The number of carbonyl (C=O) groups is 2. The van der Waals surface area contributed by atoms with E-state index in [0.717, 1.165) is 6.42 Å². The highest BCUT2D eigenvalue weighted by molar-refractivity contribution is 5.92. The molecule has 0 N–H and O–H groups in total. The van der Waals surface area contributed by atoms with E-state index in [1.807, 2.05) is 11.0 Å². The van der Waals surface area contributed by atoms with E-state index >= 15 is 0 Å². The van der Waals surface area contributed by atoms with Crippen molar-refractivity contribution in [1.29, 1.82) is 0 Å². The summed E-state index contributed by atoms with van der Waals surface area (Å²) in [5, 5.41) is 0. The van der Waals surface area contributed by atoms with Crippen molar-refractivity contribution in [2.75, 3.05) is 26.2 Å². The number of hydrogen-bond acceptors (Lipinski definition) is 3. The molecule has 3 rings (SSSR count). The van der Waals surface area contributed by atoms with Crippen LogP contribution in [0.2, 0.25) is 0 Å². The smallest absolute Gasteiger partial charge is 0.272 e. The van der Waals surface area contributed by atoms with E-state index in [1.165, 1.54) is 11.1 Å². The van der Waals surface area contributed by atoms with Gasteiger partial charge >= 0.3 is 0 Å². The Bertz CT molecular complexity index is 720. The Morgan fingerprint density at radius 2 is 1.64 bits per heavy atom. The second kappa shape index (κ2) is 7.92. The Hall–Kier alpha value is -2.69. The van der Waals surface area contributed by atoms with Gasteiger partial charge in [-0.1, -0.05) is 35.9 Å². The van der Waals surface area contributed by atoms with Crippen LogP contribution in [0.5, 0.6) is 0 Å². The molecule has 130 valence electrons. The Labute approximate surface area is 148 Å². The van der Waals surface area contributed by atoms with E-state index in [0.29, 0.717) is 38.3 Å². The summed E-state index contributed by atoms with van der Waals surface area (Å²) >= 11 is 0. The van der Waals surface area contributed by atoms with E-state index < -0.39 is 0 Å². The molecule has 5 nitrogen and oxygen atoms in total. The van der Waals surface area contributed by atoms with Crippen molar-refractivity contribution in [3.63, 3.8) is 0 Å². The van der Waals surface area contributed by atoms with Gasteiger partial charge in [0, 0.05) is 38.8 Å². The highest BCUT2D eigenvalue weighted by Gasteiger charge is 2.25. The average molecular weight is 337 g/mol. The fourth-order valence-corrected chi connectivity index (χ4v) is 2.97. The minimum Gasteiger partial charge on any atom is -0.339 e. The van der Waals surface area contributed by atoms with Crippen LogP contribution in [0.3, 0.4) is 0 Å². The van der Waals surface area contributed by atoms with Crippen molar-refractivity contribution in [3.8, 4) is 0 Å². The van der Waals surface area contributed by atoms with E-state index in [1.54, 1.807) is 23.2 Å². The quantitative estimate of drug-likeness (QED) is 0.860. The van der Waals surface area contributed by atoms with Gasteiger partial charge in [0.05, 0.1) is 0 Å². The molecule has 2 aromatic rings. The largest absolute Gasteiger partial charge is 0.339 e. The van der Waals surface area contributed by atoms with Crippen molar-refractivity contribution in [1.82, 2.24) is 14.8 Å². The van der Waals surface area contributed by atoms with Crippen LogP contribution in [0, 0.1) is 6.92 Å². The standard InChI is InChI=1S/C20H23N3O2/c1-16-5-7-17(8-6-16)9-10-19(24)22-12-14-23(15-13-22)20(25)18-4-2-3-11-21-18/h2-8,11H,9-10,12-15H2,1H3. The molecule has 25 heavy (non-hydrogen) atoms. The SMILES string of the molecule is Cc1ccc(CCC(=O)N2CCN(C(=O)c3ccccn3)CC2)cc1. The predicted molar refractivity (Wildman–Crippen MR) is 96.2 cm³/mol. The van der Waals surface area contributed by atoms with E-state index in [-0.39, 0.29) is 11.8 Å². The van der Waals surface area contributed by atoms with Gasteiger partial charge in [-0.3, -0.25) is 14.6 Å². The predicted octanol–water partition coefficient (Wildman–Crippen LogP) is 2.31. The van der Waals surface area contributed by atoms with Crippen LogP contribution in [0.1, 0.15) is 28.0 Å². The number of pyridine rings is 1. The number of hydrogen-bond donors (Lipinski definition) is 0. The Balaban J connectivity index is 1.47. The first-order valence-electron chi connectivity index (χ1n) is 8.67. The zero-order valence-corrected chi connectivity index (χ0v) is 14.5. The van der Waals surface area contributed by atoms with E-state index in [9.17, 15) is 9.59 Å². The number of nitrogens with zero attached hydrogens (tertiary/aromatic N) is 3. The van der Waals surface area contributed by atoms with Crippen molar-refractivity contribution >= 4 is 11.8 Å². The van der Waals surface area contributed by atoms with Gasteiger partial charge in [0.25, 0.3) is 5.91 Å². The zero-order chi connectivity index (χ0) is 17.6. The fourth-order valence-electron chi connectivity index (χ4n) is 2.97. The molecule has 1 saturated heterocycles. The lowest BCUT2D eigenvalue weighted by molar-refractivity contribution is -0.132. The van der Waals surface area contributed by atoms with Crippen LogP contribution < -0.4 is 0 Å². The summed E-state index contributed by atoms with van der Waals surface area (Å²) in [7, 11) is 0. The molecular formula is C20H23N3O2. The lowest BCUT2D eigenvalue weighted by Gasteiger charge is -2.34.